The molecule has 1 aromatic carbocycles. The Kier molecular flexibility index (Phi) is 4.38. The first-order chi connectivity index (χ1) is 12.0. The Bertz CT molecular complexity index is 912. The summed E-state index contributed by atoms with van der Waals surface area (Å²) in [6.07, 6.45) is 3.08. The Labute approximate surface area is 144 Å². The minimum Gasteiger partial charge on any atom is -0.478 e. The van der Waals surface area contributed by atoms with Crippen molar-refractivity contribution in [1.82, 2.24) is 14.5 Å². The van der Waals surface area contributed by atoms with Crippen molar-refractivity contribution in [1.29, 1.82) is 0 Å². The predicted molar refractivity (Wildman–Crippen MR) is 89.8 cm³/mol. The second kappa shape index (κ2) is 6.64. The first kappa shape index (κ1) is 16.5. The van der Waals surface area contributed by atoms with Crippen molar-refractivity contribution in [2.24, 2.45) is 0 Å². The fourth-order valence-corrected chi connectivity index (χ4v) is 2.58. The molecule has 0 saturated carbocycles. The van der Waals surface area contributed by atoms with Crippen LogP contribution in [0, 0.1) is 6.92 Å². The molecule has 128 valence electrons. The maximum absolute atomic E-state index is 12.7. The molecule has 3 rings (SSSR count). The number of rotatable bonds is 5. The number of carboxylic acids is 1. The largest absolute Gasteiger partial charge is 0.478 e. The molecule has 1 N–H and O–H groups in total. The van der Waals surface area contributed by atoms with Gasteiger partial charge in [0.15, 0.2) is 0 Å². The van der Waals surface area contributed by atoms with Gasteiger partial charge in [0.2, 0.25) is 0 Å². The molecule has 25 heavy (non-hydrogen) atoms. The second-order valence-corrected chi connectivity index (χ2v) is 5.63. The maximum Gasteiger partial charge on any atom is 0.339 e. The molecule has 2 aromatic heterocycles. The number of aromatic nitrogens is 2. The van der Waals surface area contributed by atoms with E-state index >= 15 is 0 Å². The van der Waals surface area contributed by atoms with E-state index in [1.165, 1.54) is 17.2 Å². The third kappa shape index (κ3) is 3.30. The van der Waals surface area contributed by atoms with Crippen molar-refractivity contribution >= 4 is 11.9 Å². The molecule has 2 heterocycles. The lowest BCUT2D eigenvalue weighted by Crippen LogP contribution is -2.27. The molecule has 3 aromatic rings. The van der Waals surface area contributed by atoms with Crippen LogP contribution in [0.15, 0.2) is 53.3 Å². The Morgan fingerprint density at radius 3 is 2.64 bits per heavy atom. The van der Waals surface area contributed by atoms with Crippen LogP contribution < -0.4 is 0 Å². The summed E-state index contributed by atoms with van der Waals surface area (Å²) in [5.74, 6) is -0.565. The predicted octanol–water partition coefficient (Wildman–Crippen LogP) is 2.74. The number of carbonyl (C=O) groups excluding carboxylic acids is 1. The first-order valence-electron chi connectivity index (χ1n) is 7.63. The summed E-state index contributed by atoms with van der Waals surface area (Å²) in [5, 5.41) is 9.08. The summed E-state index contributed by atoms with van der Waals surface area (Å²) in [5.41, 5.74) is 1.35. The Morgan fingerprint density at radius 2 is 2.00 bits per heavy atom. The highest BCUT2D eigenvalue weighted by atomic mass is 16.4. The standard InChI is InChI=1S/C18H17N3O4/c1-12-15(18(23)24)8-14(25-12)10-20(2)17(22)16-9-19-11-21(16)13-6-4-3-5-7-13/h3-9,11H,10H2,1-2H3,(H,23,24). The molecule has 7 nitrogen and oxygen atoms in total. The van der Waals surface area contributed by atoms with Crippen molar-refractivity contribution < 1.29 is 19.1 Å². The van der Waals surface area contributed by atoms with Crippen LogP contribution in [0.4, 0.5) is 0 Å². The Hall–Kier alpha value is -3.35. The number of nitrogens with zero attached hydrogens (tertiary/aromatic N) is 3. The van der Waals surface area contributed by atoms with Crippen LogP contribution in [0.1, 0.15) is 32.4 Å². The van der Waals surface area contributed by atoms with Crippen LogP contribution >= 0.6 is 0 Å². The van der Waals surface area contributed by atoms with Gasteiger partial charge in [0.25, 0.3) is 5.91 Å². The van der Waals surface area contributed by atoms with Gasteiger partial charge in [-0.1, -0.05) is 18.2 Å². The SMILES string of the molecule is Cc1oc(CN(C)C(=O)c2cncn2-c2ccccc2)cc1C(=O)O. The number of aromatic carboxylic acids is 1. The number of aryl methyl sites for hydroxylation is 1. The van der Waals surface area contributed by atoms with E-state index in [2.05, 4.69) is 4.98 Å². The highest BCUT2D eigenvalue weighted by Crippen LogP contribution is 2.18. The minimum absolute atomic E-state index is 0.102. The molecule has 0 fully saturated rings. The van der Waals surface area contributed by atoms with Crippen LogP contribution in [0.25, 0.3) is 5.69 Å². The monoisotopic (exact) mass is 339 g/mol. The molecule has 0 aliphatic heterocycles. The molecule has 0 unspecified atom stereocenters. The lowest BCUT2D eigenvalue weighted by molar-refractivity contribution is 0.0694. The average molecular weight is 339 g/mol. The number of carbonyl (C=O) groups is 2. The molecule has 0 atom stereocenters. The van der Waals surface area contributed by atoms with Crippen molar-refractivity contribution in [3.8, 4) is 5.69 Å². The van der Waals surface area contributed by atoms with Crippen LogP contribution in [0.5, 0.6) is 0 Å². The molecule has 0 spiro atoms. The van der Waals surface area contributed by atoms with Crippen molar-refractivity contribution in [2.75, 3.05) is 7.05 Å². The van der Waals surface area contributed by atoms with E-state index < -0.39 is 5.97 Å². The van der Waals surface area contributed by atoms with Gasteiger partial charge in [-0.15, -0.1) is 0 Å². The van der Waals surface area contributed by atoms with Gasteiger partial charge in [-0.2, -0.15) is 0 Å². The van der Waals surface area contributed by atoms with E-state index in [9.17, 15) is 9.59 Å². The van der Waals surface area contributed by atoms with Gasteiger partial charge in [-0.05, 0) is 25.1 Å². The molecule has 1 amide bonds. The van der Waals surface area contributed by atoms with Crippen molar-refractivity contribution in [3.05, 3.63) is 71.7 Å². The van der Waals surface area contributed by atoms with Crippen molar-refractivity contribution in [2.45, 2.75) is 13.5 Å². The highest BCUT2D eigenvalue weighted by molar-refractivity contribution is 5.93. The Balaban J connectivity index is 1.81. The van der Waals surface area contributed by atoms with E-state index in [1.54, 1.807) is 24.9 Å². The lowest BCUT2D eigenvalue weighted by atomic mass is 10.2. The number of carboxylic acid groups (broad SMARTS) is 1. The first-order valence-corrected chi connectivity index (χ1v) is 7.63. The second-order valence-electron chi connectivity index (χ2n) is 5.63. The number of para-hydroxylation sites is 1. The molecule has 0 bridgehead atoms. The maximum atomic E-state index is 12.7. The summed E-state index contributed by atoms with van der Waals surface area (Å²) in [4.78, 5) is 29.4. The quantitative estimate of drug-likeness (QED) is 0.772. The lowest BCUT2D eigenvalue weighted by Gasteiger charge is -2.16. The molecule has 0 aliphatic rings. The smallest absolute Gasteiger partial charge is 0.339 e. The van der Waals surface area contributed by atoms with Crippen LogP contribution in [-0.4, -0.2) is 38.5 Å². The van der Waals surface area contributed by atoms with E-state index in [-0.39, 0.29) is 18.0 Å². The zero-order valence-electron chi connectivity index (χ0n) is 13.8. The minimum atomic E-state index is -1.05. The van der Waals surface area contributed by atoms with Gasteiger partial charge in [0.05, 0.1) is 19.1 Å². The van der Waals surface area contributed by atoms with Gasteiger partial charge in [0, 0.05) is 12.7 Å². The van der Waals surface area contributed by atoms with Crippen LogP contribution in [0.3, 0.4) is 0 Å². The summed E-state index contributed by atoms with van der Waals surface area (Å²) in [6.45, 7) is 1.74. The third-order valence-corrected chi connectivity index (χ3v) is 3.83. The number of imidazole rings is 1. The normalized spacial score (nSPS) is 10.6. The molecular weight excluding hydrogens is 322 g/mol. The zero-order valence-corrected chi connectivity index (χ0v) is 13.8. The Morgan fingerprint density at radius 1 is 1.28 bits per heavy atom. The third-order valence-electron chi connectivity index (χ3n) is 3.83. The summed E-state index contributed by atoms with van der Waals surface area (Å²) >= 11 is 0. The fourth-order valence-electron chi connectivity index (χ4n) is 2.58. The molecule has 0 aliphatic carbocycles. The van der Waals surface area contributed by atoms with Gasteiger partial charge in [0.1, 0.15) is 22.8 Å². The van der Waals surface area contributed by atoms with E-state index in [1.807, 2.05) is 30.3 Å². The number of furan rings is 1. The van der Waals surface area contributed by atoms with Gasteiger partial charge < -0.3 is 14.4 Å². The van der Waals surface area contributed by atoms with Gasteiger partial charge in [-0.3, -0.25) is 9.36 Å². The highest BCUT2D eigenvalue weighted by Gasteiger charge is 2.20. The molecular formula is C18H17N3O4. The topological polar surface area (TPSA) is 88.6 Å². The van der Waals surface area contributed by atoms with E-state index in [0.717, 1.165) is 5.69 Å². The number of hydrogen-bond acceptors (Lipinski definition) is 4. The number of hydrogen-bond donors (Lipinski definition) is 1. The molecule has 0 radical (unpaired) electrons. The van der Waals surface area contributed by atoms with E-state index in [0.29, 0.717) is 17.2 Å². The van der Waals surface area contributed by atoms with Gasteiger partial charge >= 0.3 is 5.97 Å². The number of amides is 1. The molecule has 7 heteroatoms. The van der Waals surface area contributed by atoms with Crippen molar-refractivity contribution in [3.63, 3.8) is 0 Å². The van der Waals surface area contributed by atoms with Gasteiger partial charge in [-0.25, -0.2) is 9.78 Å². The van der Waals surface area contributed by atoms with Crippen LogP contribution in [-0.2, 0) is 6.54 Å². The fraction of sp³-hybridized carbons (Fsp3) is 0.167. The summed E-state index contributed by atoms with van der Waals surface area (Å²) in [7, 11) is 1.63. The summed E-state index contributed by atoms with van der Waals surface area (Å²) < 4.78 is 7.14. The van der Waals surface area contributed by atoms with Crippen LogP contribution in [0.2, 0.25) is 0 Å². The average Bonchev–Trinajstić information content (AvgIpc) is 3.21. The molecule has 0 saturated heterocycles. The van der Waals surface area contributed by atoms with E-state index in [4.69, 9.17) is 9.52 Å². The number of benzene rings is 1. The zero-order chi connectivity index (χ0) is 18.0. The summed E-state index contributed by atoms with van der Waals surface area (Å²) in [6, 6.07) is 10.9.